The number of hydrogen-bond acceptors (Lipinski definition) is 7. The first-order chi connectivity index (χ1) is 19.0. The zero-order valence-electron chi connectivity index (χ0n) is 23.5. The molecule has 218 valence electrons. The number of ether oxygens (including phenoxy) is 2. The van der Waals surface area contributed by atoms with Gasteiger partial charge in [0.05, 0.1) is 35.3 Å². The van der Waals surface area contributed by atoms with Crippen molar-refractivity contribution in [3.05, 3.63) is 53.6 Å². The van der Waals surface area contributed by atoms with E-state index in [0.29, 0.717) is 31.7 Å². The molecule has 2 aliphatic rings. The lowest BCUT2D eigenvalue weighted by Crippen LogP contribution is -2.50. The lowest BCUT2D eigenvalue weighted by Gasteiger charge is -2.38. The highest BCUT2D eigenvalue weighted by atomic mass is 32.2. The van der Waals surface area contributed by atoms with Gasteiger partial charge in [0.2, 0.25) is 15.9 Å². The van der Waals surface area contributed by atoms with Crippen molar-refractivity contribution in [2.45, 2.75) is 50.7 Å². The van der Waals surface area contributed by atoms with Gasteiger partial charge in [-0.15, -0.1) is 0 Å². The van der Waals surface area contributed by atoms with Crippen LogP contribution in [0.1, 0.15) is 42.6 Å². The molecular weight excluding hydrogens is 534 g/mol. The summed E-state index contributed by atoms with van der Waals surface area (Å²) in [5.41, 5.74) is 1.54. The van der Waals surface area contributed by atoms with Crippen LogP contribution < -0.4 is 10.1 Å². The van der Waals surface area contributed by atoms with E-state index in [-0.39, 0.29) is 59.6 Å². The Balaban J connectivity index is 1.69. The van der Waals surface area contributed by atoms with Crippen LogP contribution in [0, 0.1) is 18.8 Å². The quantitative estimate of drug-likeness (QED) is 0.498. The van der Waals surface area contributed by atoms with Gasteiger partial charge < -0.3 is 24.8 Å². The number of nitrogens with one attached hydrogen (secondary N) is 1. The van der Waals surface area contributed by atoms with E-state index < -0.39 is 22.2 Å². The summed E-state index contributed by atoms with van der Waals surface area (Å²) in [4.78, 5) is 28.5. The first-order valence-corrected chi connectivity index (χ1v) is 15.1. The van der Waals surface area contributed by atoms with Crippen molar-refractivity contribution in [2.24, 2.45) is 11.8 Å². The Hall–Kier alpha value is -2.99. The smallest absolute Gasteiger partial charge is 0.258 e. The van der Waals surface area contributed by atoms with E-state index in [1.54, 1.807) is 54.3 Å². The second-order valence-corrected chi connectivity index (χ2v) is 12.8. The molecule has 11 heteroatoms. The second-order valence-electron chi connectivity index (χ2n) is 10.8. The zero-order valence-corrected chi connectivity index (χ0v) is 24.3. The van der Waals surface area contributed by atoms with Gasteiger partial charge in [0.25, 0.3) is 5.91 Å². The SMILES string of the molecule is Cc1ccc(S(=O)(=O)N(C)C[C@@H]2Oc3c(NC(=O)C4CCOCC4)cccc3C(=O)N([C@@H](C)CO)C[C@@H]2C)cc1. The molecule has 0 aliphatic carbocycles. The number of aryl methyl sites for hydroxylation is 1. The average Bonchev–Trinajstić information content (AvgIpc) is 2.95. The van der Waals surface area contributed by atoms with Crippen LogP contribution in [0.25, 0.3) is 0 Å². The number of rotatable bonds is 8. The molecule has 4 rings (SSSR count). The summed E-state index contributed by atoms with van der Waals surface area (Å²) in [6.07, 6.45) is 0.541. The number of para-hydroxylation sites is 1. The fourth-order valence-electron chi connectivity index (χ4n) is 5.00. The van der Waals surface area contributed by atoms with Crippen LogP contribution >= 0.6 is 0 Å². The molecule has 0 spiro atoms. The largest absolute Gasteiger partial charge is 0.486 e. The molecule has 3 atom stereocenters. The fourth-order valence-corrected chi connectivity index (χ4v) is 6.18. The van der Waals surface area contributed by atoms with E-state index >= 15 is 0 Å². The van der Waals surface area contributed by atoms with Crippen LogP contribution in [0.4, 0.5) is 5.69 Å². The van der Waals surface area contributed by atoms with E-state index in [1.165, 1.54) is 11.4 Å². The number of sulfonamides is 1. The number of aliphatic hydroxyl groups is 1. The van der Waals surface area contributed by atoms with Crippen LogP contribution in [-0.2, 0) is 19.6 Å². The van der Waals surface area contributed by atoms with E-state index in [9.17, 15) is 23.1 Å². The van der Waals surface area contributed by atoms with Gasteiger partial charge in [-0.3, -0.25) is 9.59 Å². The van der Waals surface area contributed by atoms with Gasteiger partial charge >= 0.3 is 0 Å². The fraction of sp³-hybridized carbons (Fsp3) is 0.517. The van der Waals surface area contributed by atoms with Gasteiger partial charge in [-0.25, -0.2) is 8.42 Å². The lowest BCUT2D eigenvalue weighted by molar-refractivity contribution is -0.122. The average molecular weight is 574 g/mol. The Morgan fingerprint density at radius 3 is 2.50 bits per heavy atom. The molecule has 1 fully saturated rings. The second kappa shape index (κ2) is 12.7. The minimum atomic E-state index is -3.81. The van der Waals surface area contributed by atoms with Crippen molar-refractivity contribution in [1.82, 2.24) is 9.21 Å². The lowest BCUT2D eigenvalue weighted by atomic mass is 9.98. The normalized spacial score (nSPS) is 21.2. The topological polar surface area (TPSA) is 125 Å². The van der Waals surface area contributed by atoms with Crippen molar-refractivity contribution in [1.29, 1.82) is 0 Å². The number of fused-ring (bicyclic) bond motifs is 1. The van der Waals surface area contributed by atoms with E-state index in [1.807, 2.05) is 13.8 Å². The van der Waals surface area contributed by atoms with Gasteiger partial charge in [-0.1, -0.05) is 30.7 Å². The van der Waals surface area contributed by atoms with E-state index in [2.05, 4.69) is 5.32 Å². The number of likely N-dealkylation sites (N-methyl/N-ethyl adjacent to an activating group) is 1. The minimum absolute atomic E-state index is 0.00853. The number of nitrogens with zero attached hydrogens (tertiary/aromatic N) is 2. The maximum atomic E-state index is 13.7. The van der Waals surface area contributed by atoms with Gasteiger partial charge in [0, 0.05) is 38.6 Å². The summed E-state index contributed by atoms with van der Waals surface area (Å²) in [5.74, 6) is -0.842. The molecule has 2 N–H and O–H groups in total. The Labute approximate surface area is 236 Å². The summed E-state index contributed by atoms with van der Waals surface area (Å²) in [5, 5.41) is 12.8. The van der Waals surface area contributed by atoms with Crippen molar-refractivity contribution in [3.8, 4) is 5.75 Å². The Morgan fingerprint density at radius 2 is 1.85 bits per heavy atom. The summed E-state index contributed by atoms with van der Waals surface area (Å²) in [7, 11) is -2.31. The van der Waals surface area contributed by atoms with Gasteiger partial charge in [0.1, 0.15) is 6.10 Å². The number of carbonyl (C=O) groups is 2. The maximum absolute atomic E-state index is 13.7. The van der Waals surface area contributed by atoms with Crippen LogP contribution in [0.3, 0.4) is 0 Å². The predicted octanol–water partition coefficient (Wildman–Crippen LogP) is 2.90. The standard InChI is InChI=1S/C29H39N3O7S/c1-19-8-10-23(11-9-19)40(36,37)31(4)17-26-20(2)16-32(21(3)18-33)29(35)24-6-5-7-25(27(24)39-26)30-28(34)22-12-14-38-15-13-22/h5-11,20-22,26,33H,12-18H2,1-4H3,(H,30,34)/t20-,21-,26-/m0/s1. The first kappa shape index (κ1) is 30.0. The molecule has 2 heterocycles. The van der Waals surface area contributed by atoms with E-state index in [4.69, 9.17) is 9.47 Å². The third-order valence-corrected chi connectivity index (χ3v) is 9.54. The third-order valence-electron chi connectivity index (χ3n) is 7.71. The molecule has 2 aliphatic heterocycles. The Bertz CT molecular complexity index is 1310. The molecule has 0 saturated carbocycles. The van der Waals surface area contributed by atoms with Crippen LogP contribution in [0.2, 0.25) is 0 Å². The predicted molar refractivity (Wildman–Crippen MR) is 151 cm³/mol. The van der Waals surface area contributed by atoms with Crippen LogP contribution in [0.5, 0.6) is 5.75 Å². The number of carbonyl (C=O) groups excluding carboxylic acids is 2. The van der Waals surface area contributed by atoms with Crippen LogP contribution in [-0.4, -0.2) is 86.6 Å². The molecular formula is C29H39N3O7S. The summed E-state index contributed by atoms with van der Waals surface area (Å²) < 4.78 is 39.9. The molecule has 2 amide bonds. The molecule has 0 bridgehead atoms. The highest BCUT2D eigenvalue weighted by Crippen LogP contribution is 2.36. The Kier molecular flexibility index (Phi) is 9.50. The monoisotopic (exact) mass is 573 g/mol. The molecule has 0 radical (unpaired) electrons. The van der Waals surface area contributed by atoms with E-state index in [0.717, 1.165) is 5.56 Å². The molecule has 2 aromatic rings. The van der Waals surface area contributed by atoms with Crippen molar-refractivity contribution in [2.75, 3.05) is 45.3 Å². The molecule has 1 saturated heterocycles. The highest BCUT2D eigenvalue weighted by molar-refractivity contribution is 7.89. The van der Waals surface area contributed by atoms with Crippen molar-refractivity contribution >= 4 is 27.5 Å². The van der Waals surface area contributed by atoms with Crippen molar-refractivity contribution in [3.63, 3.8) is 0 Å². The first-order valence-electron chi connectivity index (χ1n) is 13.7. The number of anilines is 1. The van der Waals surface area contributed by atoms with Crippen molar-refractivity contribution < 1.29 is 32.6 Å². The zero-order chi connectivity index (χ0) is 29.0. The van der Waals surface area contributed by atoms with Gasteiger partial charge in [-0.05, 0) is 51.0 Å². The third kappa shape index (κ3) is 6.49. The molecule has 2 aromatic carbocycles. The number of aliphatic hydroxyl groups excluding tert-OH is 1. The minimum Gasteiger partial charge on any atom is -0.486 e. The van der Waals surface area contributed by atoms with Gasteiger partial charge in [0.15, 0.2) is 5.75 Å². The van der Waals surface area contributed by atoms with Gasteiger partial charge in [-0.2, -0.15) is 4.31 Å². The summed E-state index contributed by atoms with van der Waals surface area (Å²) >= 11 is 0. The number of hydrogen-bond donors (Lipinski definition) is 2. The maximum Gasteiger partial charge on any atom is 0.258 e. The summed E-state index contributed by atoms with van der Waals surface area (Å²) in [6, 6.07) is 11.2. The Morgan fingerprint density at radius 1 is 1.18 bits per heavy atom. The molecule has 40 heavy (non-hydrogen) atoms. The summed E-state index contributed by atoms with van der Waals surface area (Å²) in [6.45, 7) is 6.57. The highest BCUT2D eigenvalue weighted by Gasteiger charge is 2.36. The number of benzene rings is 2. The number of amides is 2. The van der Waals surface area contributed by atoms with Crippen LogP contribution in [0.15, 0.2) is 47.4 Å². The molecule has 10 nitrogen and oxygen atoms in total. The molecule has 0 unspecified atom stereocenters. The molecule has 0 aromatic heterocycles.